The Balaban J connectivity index is 1.72. The van der Waals surface area contributed by atoms with E-state index in [1.54, 1.807) is 0 Å². The van der Waals surface area contributed by atoms with Crippen LogP contribution in [0, 0.1) is 18.8 Å². The SMILES string of the molecule is Cc1ccc(N2C(=O)C[C@@H](N[C@H]3CCC[C@H](C)[C@H]3C)C2=O)cc1. The summed E-state index contributed by atoms with van der Waals surface area (Å²) >= 11 is 0. The van der Waals surface area contributed by atoms with Crippen LogP contribution in [-0.4, -0.2) is 23.9 Å². The van der Waals surface area contributed by atoms with Crippen LogP contribution >= 0.6 is 0 Å². The Hall–Kier alpha value is -1.68. The van der Waals surface area contributed by atoms with Crippen molar-refractivity contribution in [2.75, 3.05) is 4.90 Å². The van der Waals surface area contributed by atoms with Gasteiger partial charge in [-0.3, -0.25) is 9.59 Å². The highest BCUT2D eigenvalue weighted by Crippen LogP contribution is 2.31. The summed E-state index contributed by atoms with van der Waals surface area (Å²) in [6.45, 7) is 6.52. The third-order valence-electron chi connectivity index (χ3n) is 5.56. The lowest BCUT2D eigenvalue weighted by molar-refractivity contribution is -0.121. The van der Waals surface area contributed by atoms with E-state index >= 15 is 0 Å². The molecule has 1 heterocycles. The number of benzene rings is 1. The van der Waals surface area contributed by atoms with Crippen molar-refractivity contribution in [3.63, 3.8) is 0 Å². The number of carbonyl (C=O) groups is 2. The van der Waals surface area contributed by atoms with Crippen molar-refractivity contribution in [3.05, 3.63) is 29.8 Å². The van der Waals surface area contributed by atoms with E-state index in [9.17, 15) is 9.59 Å². The zero-order valence-electron chi connectivity index (χ0n) is 14.2. The molecule has 1 N–H and O–H groups in total. The van der Waals surface area contributed by atoms with Crippen LogP contribution in [0.15, 0.2) is 24.3 Å². The van der Waals surface area contributed by atoms with Gasteiger partial charge in [-0.2, -0.15) is 0 Å². The van der Waals surface area contributed by atoms with E-state index in [4.69, 9.17) is 0 Å². The predicted octanol–water partition coefficient (Wildman–Crippen LogP) is 3.04. The molecular weight excluding hydrogens is 288 g/mol. The number of nitrogens with zero attached hydrogens (tertiary/aromatic N) is 1. The highest BCUT2D eigenvalue weighted by molar-refractivity contribution is 6.22. The number of imide groups is 1. The molecule has 4 nitrogen and oxygen atoms in total. The van der Waals surface area contributed by atoms with Gasteiger partial charge in [0.05, 0.1) is 18.2 Å². The number of nitrogens with one attached hydrogen (secondary N) is 1. The van der Waals surface area contributed by atoms with Gasteiger partial charge in [-0.25, -0.2) is 4.90 Å². The fourth-order valence-corrected chi connectivity index (χ4v) is 3.80. The summed E-state index contributed by atoms with van der Waals surface area (Å²) in [5.74, 6) is 0.999. The fraction of sp³-hybridized carbons (Fsp3) is 0.579. The van der Waals surface area contributed by atoms with Gasteiger partial charge in [0.2, 0.25) is 5.91 Å². The lowest BCUT2D eigenvalue weighted by Gasteiger charge is -2.36. The van der Waals surface area contributed by atoms with Gasteiger partial charge in [0.25, 0.3) is 5.91 Å². The molecule has 1 saturated heterocycles. The molecule has 3 rings (SSSR count). The number of rotatable bonds is 3. The van der Waals surface area contributed by atoms with Crippen molar-refractivity contribution < 1.29 is 9.59 Å². The molecule has 1 saturated carbocycles. The maximum absolute atomic E-state index is 12.7. The standard InChI is InChI=1S/C19H26N2O2/c1-12-7-9-15(10-8-12)21-18(22)11-17(19(21)23)20-16-6-4-5-13(2)14(16)3/h7-10,13-14,16-17,20H,4-6,11H2,1-3H3/t13-,14+,16-,17+/m0/s1. The number of hydrogen-bond donors (Lipinski definition) is 1. The van der Waals surface area contributed by atoms with Crippen LogP contribution < -0.4 is 10.2 Å². The van der Waals surface area contributed by atoms with Gasteiger partial charge in [0.1, 0.15) is 0 Å². The van der Waals surface area contributed by atoms with Gasteiger partial charge in [0.15, 0.2) is 0 Å². The number of aryl methyl sites for hydroxylation is 1. The molecule has 0 spiro atoms. The quantitative estimate of drug-likeness (QED) is 0.873. The van der Waals surface area contributed by atoms with Crippen molar-refractivity contribution in [2.24, 2.45) is 11.8 Å². The second kappa shape index (κ2) is 6.44. The van der Waals surface area contributed by atoms with Gasteiger partial charge >= 0.3 is 0 Å². The molecule has 2 amide bonds. The summed E-state index contributed by atoms with van der Waals surface area (Å²) in [5, 5.41) is 3.48. The second-order valence-corrected chi connectivity index (χ2v) is 7.20. The van der Waals surface area contributed by atoms with E-state index in [-0.39, 0.29) is 24.3 Å². The first-order chi connectivity index (χ1) is 11.0. The molecule has 2 fully saturated rings. The Morgan fingerprint density at radius 2 is 1.78 bits per heavy atom. The van der Waals surface area contributed by atoms with Gasteiger partial charge < -0.3 is 5.32 Å². The first-order valence-corrected chi connectivity index (χ1v) is 8.67. The third-order valence-corrected chi connectivity index (χ3v) is 5.56. The Kier molecular flexibility index (Phi) is 4.53. The summed E-state index contributed by atoms with van der Waals surface area (Å²) in [6.07, 6.45) is 3.81. The van der Waals surface area contributed by atoms with Crippen LogP contribution in [0.25, 0.3) is 0 Å². The smallest absolute Gasteiger partial charge is 0.251 e. The molecule has 0 aromatic heterocycles. The van der Waals surface area contributed by atoms with E-state index in [1.165, 1.54) is 17.7 Å². The monoisotopic (exact) mass is 314 g/mol. The highest BCUT2D eigenvalue weighted by atomic mass is 16.2. The molecule has 0 radical (unpaired) electrons. The van der Waals surface area contributed by atoms with Crippen molar-refractivity contribution in [1.82, 2.24) is 5.32 Å². The zero-order valence-corrected chi connectivity index (χ0v) is 14.2. The lowest BCUT2D eigenvalue weighted by atomic mass is 9.78. The summed E-state index contributed by atoms with van der Waals surface area (Å²) < 4.78 is 0. The minimum Gasteiger partial charge on any atom is -0.302 e. The number of carbonyl (C=O) groups excluding carboxylic acids is 2. The normalized spacial score (nSPS) is 31.7. The molecule has 0 bridgehead atoms. The van der Waals surface area contributed by atoms with Crippen molar-refractivity contribution in [3.8, 4) is 0 Å². The maximum Gasteiger partial charge on any atom is 0.251 e. The van der Waals surface area contributed by atoms with E-state index in [2.05, 4.69) is 19.2 Å². The first kappa shape index (κ1) is 16.2. The van der Waals surface area contributed by atoms with Crippen LogP contribution in [0.1, 0.15) is 45.1 Å². The van der Waals surface area contributed by atoms with Crippen LogP contribution in [0.4, 0.5) is 5.69 Å². The molecule has 1 aliphatic heterocycles. The molecule has 4 heteroatoms. The topological polar surface area (TPSA) is 49.4 Å². The third kappa shape index (κ3) is 3.18. The van der Waals surface area contributed by atoms with E-state index in [1.807, 2.05) is 31.2 Å². The Morgan fingerprint density at radius 1 is 1.09 bits per heavy atom. The van der Waals surface area contributed by atoms with Crippen LogP contribution in [0.5, 0.6) is 0 Å². The van der Waals surface area contributed by atoms with Gasteiger partial charge in [-0.1, -0.05) is 44.4 Å². The fourth-order valence-electron chi connectivity index (χ4n) is 3.80. The molecule has 2 aliphatic rings. The van der Waals surface area contributed by atoms with Crippen LogP contribution in [-0.2, 0) is 9.59 Å². The average molecular weight is 314 g/mol. The van der Waals surface area contributed by atoms with E-state index < -0.39 is 0 Å². The van der Waals surface area contributed by atoms with Gasteiger partial charge in [-0.05, 0) is 37.3 Å². The lowest BCUT2D eigenvalue weighted by Crippen LogP contribution is -2.48. The molecule has 23 heavy (non-hydrogen) atoms. The van der Waals surface area contributed by atoms with Crippen molar-refractivity contribution in [2.45, 2.75) is 58.5 Å². The minimum atomic E-state index is -0.374. The molecule has 4 atom stereocenters. The van der Waals surface area contributed by atoms with E-state index in [0.29, 0.717) is 23.6 Å². The average Bonchev–Trinajstić information content (AvgIpc) is 2.79. The first-order valence-electron chi connectivity index (χ1n) is 8.67. The summed E-state index contributed by atoms with van der Waals surface area (Å²) in [5.41, 5.74) is 1.80. The molecule has 1 aromatic carbocycles. The Labute approximate surface area is 138 Å². The second-order valence-electron chi connectivity index (χ2n) is 7.20. The number of hydrogen-bond acceptors (Lipinski definition) is 3. The van der Waals surface area contributed by atoms with Crippen LogP contribution in [0.2, 0.25) is 0 Å². The number of amides is 2. The molecule has 1 aromatic rings. The Morgan fingerprint density at radius 3 is 2.48 bits per heavy atom. The van der Waals surface area contributed by atoms with Crippen molar-refractivity contribution >= 4 is 17.5 Å². The summed E-state index contributed by atoms with van der Waals surface area (Å²) in [4.78, 5) is 26.4. The summed E-state index contributed by atoms with van der Waals surface area (Å²) in [7, 11) is 0. The maximum atomic E-state index is 12.7. The van der Waals surface area contributed by atoms with Gasteiger partial charge in [0, 0.05) is 6.04 Å². The molecular formula is C19H26N2O2. The molecule has 1 aliphatic carbocycles. The molecule has 124 valence electrons. The van der Waals surface area contributed by atoms with Crippen LogP contribution in [0.3, 0.4) is 0 Å². The van der Waals surface area contributed by atoms with E-state index in [0.717, 1.165) is 12.0 Å². The zero-order chi connectivity index (χ0) is 16.6. The van der Waals surface area contributed by atoms with Crippen molar-refractivity contribution in [1.29, 1.82) is 0 Å². The minimum absolute atomic E-state index is 0.104. The number of anilines is 1. The molecule has 0 unspecified atom stereocenters. The predicted molar refractivity (Wildman–Crippen MR) is 91.2 cm³/mol. The Bertz CT molecular complexity index is 596. The largest absolute Gasteiger partial charge is 0.302 e. The van der Waals surface area contributed by atoms with Gasteiger partial charge in [-0.15, -0.1) is 0 Å². The highest BCUT2D eigenvalue weighted by Gasteiger charge is 2.41. The summed E-state index contributed by atoms with van der Waals surface area (Å²) in [6, 6.07) is 7.51.